The molecule has 0 unspecified atom stereocenters. The van der Waals surface area contributed by atoms with Crippen LogP contribution in [0.1, 0.15) is 5.56 Å². The highest BCUT2D eigenvalue weighted by molar-refractivity contribution is 9.10. The van der Waals surface area contributed by atoms with Gasteiger partial charge in [-0.1, -0.05) is 39.4 Å². The predicted molar refractivity (Wildman–Crippen MR) is 115 cm³/mol. The number of likely N-dealkylation sites (N-methyl/N-ethyl adjacent to an activating group) is 1. The van der Waals surface area contributed by atoms with Crippen LogP contribution in [0.3, 0.4) is 0 Å². The fourth-order valence-electron chi connectivity index (χ4n) is 2.63. The highest BCUT2D eigenvalue weighted by Gasteiger charge is 2.20. The second kappa shape index (κ2) is 8.76. The first-order valence-electron chi connectivity index (χ1n) is 8.58. The van der Waals surface area contributed by atoms with Gasteiger partial charge in [-0.3, -0.25) is 19.8 Å². The van der Waals surface area contributed by atoms with E-state index in [1.54, 1.807) is 17.0 Å². The Labute approximate surface area is 174 Å². The quantitative estimate of drug-likeness (QED) is 0.389. The van der Waals surface area contributed by atoms with E-state index in [-0.39, 0.29) is 18.0 Å². The third kappa shape index (κ3) is 4.92. The normalized spacial score (nSPS) is 11.1. The van der Waals surface area contributed by atoms with Gasteiger partial charge in [-0.25, -0.2) is 4.98 Å². The number of carbonyl (C=O) groups is 1. The van der Waals surface area contributed by atoms with Gasteiger partial charge in [0.05, 0.1) is 21.6 Å². The molecule has 0 aliphatic carbocycles. The van der Waals surface area contributed by atoms with Gasteiger partial charge in [0.15, 0.2) is 5.13 Å². The SMILES string of the molecule is CN(C)CCN(C(=O)Cc1ccc([N+](=O)[O-])cc1)c1nc2ccc(Br)cc2s1. The van der Waals surface area contributed by atoms with E-state index in [1.807, 2.05) is 37.2 Å². The molecule has 0 N–H and O–H groups in total. The number of aromatic nitrogens is 1. The highest BCUT2D eigenvalue weighted by atomic mass is 79.9. The van der Waals surface area contributed by atoms with E-state index in [1.165, 1.54) is 23.5 Å². The largest absolute Gasteiger partial charge is 0.308 e. The third-order valence-electron chi connectivity index (χ3n) is 4.14. The van der Waals surface area contributed by atoms with Crippen LogP contribution in [0.15, 0.2) is 46.9 Å². The summed E-state index contributed by atoms with van der Waals surface area (Å²) in [4.78, 5) is 31.7. The number of fused-ring (bicyclic) bond motifs is 1. The van der Waals surface area contributed by atoms with Gasteiger partial charge in [0.25, 0.3) is 5.69 Å². The monoisotopic (exact) mass is 462 g/mol. The molecule has 2 aromatic carbocycles. The zero-order chi connectivity index (χ0) is 20.3. The van der Waals surface area contributed by atoms with Gasteiger partial charge < -0.3 is 4.90 Å². The van der Waals surface area contributed by atoms with Crippen LogP contribution in [0.5, 0.6) is 0 Å². The maximum Gasteiger partial charge on any atom is 0.269 e. The van der Waals surface area contributed by atoms with Crippen molar-refractivity contribution in [2.24, 2.45) is 0 Å². The summed E-state index contributed by atoms with van der Waals surface area (Å²) >= 11 is 4.93. The average molecular weight is 463 g/mol. The predicted octanol–water partition coefficient (Wildman–Crippen LogP) is 4.10. The molecule has 0 radical (unpaired) electrons. The van der Waals surface area contributed by atoms with E-state index in [0.29, 0.717) is 18.2 Å². The average Bonchev–Trinajstić information content (AvgIpc) is 3.04. The summed E-state index contributed by atoms with van der Waals surface area (Å²) in [6.07, 6.45) is 0.158. The number of hydrogen-bond donors (Lipinski definition) is 0. The Balaban J connectivity index is 1.85. The first-order valence-corrected chi connectivity index (χ1v) is 10.2. The minimum atomic E-state index is -0.450. The fourth-order valence-corrected chi connectivity index (χ4v) is 4.20. The molecule has 0 bridgehead atoms. The Morgan fingerprint density at radius 2 is 1.89 bits per heavy atom. The molecular weight excluding hydrogens is 444 g/mol. The van der Waals surface area contributed by atoms with Gasteiger partial charge in [0.2, 0.25) is 5.91 Å². The second-order valence-corrected chi connectivity index (χ2v) is 8.48. The van der Waals surface area contributed by atoms with E-state index in [9.17, 15) is 14.9 Å². The molecule has 1 aromatic heterocycles. The molecule has 0 saturated carbocycles. The first kappa shape index (κ1) is 20.4. The van der Waals surface area contributed by atoms with E-state index >= 15 is 0 Å². The summed E-state index contributed by atoms with van der Waals surface area (Å²) in [5.74, 6) is -0.0891. The Bertz CT molecular complexity index is 1000. The summed E-state index contributed by atoms with van der Waals surface area (Å²) in [5, 5.41) is 11.5. The topological polar surface area (TPSA) is 79.6 Å². The lowest BCUT2D eigenvalue weighted by Gasteiger charge is -2.22. The van der Waals surface area contributed by atoms with Crippen molar-refractivity contribution in [1.82, 2.24) is 9.88 Å². The number of thiazole rings is 1. The van der Waals surface area contributed by atoms with Crippen LogP contribution in [0.2, 0.25) is 0 Å². The number of carbonyl (C=O) groups excluding carboxylic acids is 1. The Morgan fingerprint density at radius 1 is 1.18 bits per heavy atom. The van der Waals surface area contributed by atoms with Crippen molar-refractivity contribution in [2.45, 2.75) is 6.42 Å². The molecule has 0 fully saturated rings. The number of non-ortho nitro benzene ring substituents is 1. The zero-order valence-electron chi connectivity index (χ0n) is 15.5. The number of anilines is 1. The standard InChI is InChI=1S/C19H19BrN4O3S/c1-22(2)9-10-23(19-21-16-8-5-14(20)12-17(16)28-19)18(25)11-13-3-6-15(7-4-13)24(26)27/h3-8,12H,9-11H2,1-2H3. The lowest BCUT2D eigenvalue weighted by molar-refractivity contribution is -0.384. The van der Waals surface area contributed by atoms with Crippen molar-refractivity contribution < 1.29 is 9.72 Å². The maximum atomic E-state index is 13.0. The van der Waals surface area contributed by atoms with Gasteiger partial charge in [-0.05, 0) is 37.9 Å². The lowest BCUT2D eigenvalue weighted by atomic mass is 10.1. The van der Waals surface area contributed by atoms with Crippen molar-refractivity contribution in [1.29, 1.82) is 0 Å². The number of nitrogens with zero attached hydrogens (tertiary/aromatic N) is 4. The Hall–Kier alpha value is -2.36. The fraction of sp³-hybridized carbons (Fsp3) is 0.263. The van der Waals surface area contributed by atoms with Crippen LogP contribution in [-0.2, 0) is 11.2 Å². The summed E-state index contributed by atoms with van der Waals surface area (Å²) in [6, 6.07) is 11.9. The molecule has 7 nitrogen and oxygen atoms in total. The first-order chi connectivity index (χ1) is 13.3. The van der Waals surface area contributed by atoms with Crippen LogP contribution >= 0.6 is 27.3 Å². The molecule has 0 spiro atoms. The number of nitro benzene ring substituents is 1. The van der Waals surface area contributed by atoms with Crippen molar-refractivity contribution in [2.75, 3.05) is 32.1 Å². The summed E-state index contributed by atoms with van der Waals surface area (Å²) in [7, 11) is 3.91. The molecule has 3 aromatic rings. The van der Waals surface area contributed by atoms with E-state index in [4.69, 9.17) is 0 Å². The molecular formula is C19H19BrN4O3S. The van der Waals surface area contributed by atoms with Crippen LogP contribution in [0.25, 0.3) is 10.2 Å². The number of rotatable bonds is 7. The highest BCUT2D eigenvalue weighted by Crippen LogP contribution is 2.31. The van der Waals surface area contributed by atoms with E-state index in [0.717, 1.165) is 20.3 Å². The summed E-state index contributed by atoms with van der Waals surface area (Å²) < 4.78 is 1.97. The summed E-state index contributed by atoms with van der Waals surface area (Å²) in [5.41, 5.74) is 1.59. The summed E-state index contributed by atoms with van der Waals surface area (Å²) in [6.45, 7) is 1.21. The molecule has 0 saturated heterocycles. The number of benzene rings is 2. The molecule has 9 heteroatoms. The van der Waals surface area contributed by atoms with Gasteiger partial charge >= 0.3 is 0 Å². The minimum absolute atomic E-state index is 0.0115. The van der Waals surface area contributed by atoms with Gasteiger partial charge in [0.1, 0.15) is 0 Å². The molecule has 146 valence electrons. The van der Waals surface area contributed by atoms with E-state index in [2.05, 4.69) is 20.9 Å². The van der Waals surface area contributed by atoms with Crippen molar-refractivity contribution in [3.05, 3.63) is 62.6 Å². The molecule has 0 atom stereocenters. The minimum Gasteiger partial charge on any atom is -0.308 e. The number of halogens is 1. The van der Waals surface area contributed by atoms with Gasteiger partial charge in [-0.15, -0.1) is 0 Å². The van der Waals surface area contributed by atoms with Crippen molar-refractivity contribution in [3.8, 4) is 0 Å². The Morgan fingerprint density at radius 3 is 2.54 bits per heavy atom. The maximum absolute atomic E-state index is 13.0. The van der Waals surface area contributed by atoms with Crippen molar-refractivity contribution in [3.63, 3.8) is 0 Å². The van der Waals surface area contributed by atoms with Crippen molar-refractivity contribution >= 4 is 54.2 Å². The molecule has 0 aliphatic heterocycles. The second-order valence-electron chi connectivity index (χ2n) is 6.56. The number of amides is 1. The molecule has 1 amide bonds. The number of nitro groups is 1. The molecule has 3 rings (SSSR count). The van der Waals surface area contributed by atoms with Gasteiger partial charge in [-0.2, -0.15) is 0 Å². The Kier molecular flexibility index (Phi) is 6.38. The molecule has 0 aliphatic rings. The smallest absolute Gasteiger partial charge is 0.269 e. The third-order valence-corrected chi connectivity index (χ3v) is 5.68. The lowest BCUT2D eigenvalue weighted by Crippen LogP contribution is -2.37. The van der Waals surface area contributed by atoms with E-state index < -0.39 is 4.92 Å². The zero-order valence-corrected chi connectivity index (χ0v) is 17.9. The van der Waals surface area contributed by atoms with Gasteiger partial charge in [0, 0.05) is 29.7 Å². The van der Waals surface area contributed by atoms with Crippen LogP contribution in [0.4, 0.5) is 10.8 Å². The van der Waals surface area contributed by atoms with Crippen LogP contribution in [0, 0.1) is 10.1 Å². The van der Waals surface area contributed by atoms with Crippen LogP contribution < -0.4 is 4.90 Å². The number of hydrogen-bond acceptors (Lipinski definition) is 6. The molecule has 28 heavy (non-hydrogen) atoms. The van der Waals surface area contributed by atoms with Crippen LogP contribution in [-0.4, -0.2) is 47.9 Å². The molecule has 1 heterocycles.